The van der Waals surface area contributed by atoms with Gasteiger partial charge >= 0.3 is 12.2 Å². The highest BCUT2D eigenvalue weighted by Crippen LogP contribution is 2.22. The molecule has 0 saturated carbocycles. The third kappa shape index (κ3) is 12.3. The van der Waals surface area contributed by atoms with Gasteiger partial charge in [0, 0.05) is 25.5 Å². The summed E-state index contributed by atoms with van der Waals surface area (Å²) < 4.78 is 11.0. The van der Waals surface area contributed by atoms with Crippen LogP contribution in [0.15, 0.2) is 73.1 Å². The molecule has 3 aromatic rings. The average Bonchev–Trinajstić information content (AvgIpc) is 3.54. The predicted octanol–water partition coefficient (Wildman–Crippen LogP) is 2.92. The molecule has 13 heteroatoms. The maximum Gasteiger partial charge on any atom is 0.411 e. The Bertz CT molecular complexity index is 1400. The molecular formula is C35H50N6O7. The van der Waals surface area contributed by atoms with Crippen LogP contribution in [0, 0.1) is 5.92 Å². The SMILES string of the molecule is CC(C)[C@@H](C(N)=O)N(C(=O)OCc1ncc[nH]1)[C@H](Cc1ccccc1)C(O)CNCC(O)[C@@H](Cc1ccccc1)NC(=O)OC(C)(C)C. The highest BCUT2D eigenvalue weighted by Gasteiger charge is 2.40. The quantitative estimate of drug-likeness (QED) is 0.126. The van der Waals surface area contributed by atoms with E-state index in [1.807, 2.05) is 60.7 Å². The first-order chi connectivity index (χ1) is 22.7. The number of benzene rings is 2. The zero-order valence-electron chi connectivity index (χ0n) is 28.3. The van der Waals surface area contributed by atoms with E-state index >= 15 is 0 Å². The third-order valence-electron chi connectivity index (χ3n) is 7.58. The van der Waals surface area contributed by atoms with Gasteiger partial charge in [0.2, 0.25) is 5.91 Å². The van der Waals surface area contributed by atoms with Gasteiger partial charge in [-0.25, -0.2) is 14.6 Å². The van der Waals surface area contributed by atoms with Crippen LogP contribution in [-0.2, 0) is 33.7 Å². The summed E-state index contributed by atoms with van der Waals surface area (Å²) in [6, 6.07) is 15.9. The highest BCUT2D eigenvalue weighted by atomic mass is 16.6. The molecule has 1 heterocycles. The number of primary amides is 1. The second-order valence-electron chi connectivity index (χ2n) is 13.1. The van der Waals surface area contributed by atoms with Crippen molar-refractivity contribution in [1.82, 2.24) is 25.5 Å². The second-order valence-corrected chi connectivity index (χ2v) is 13.1. The lowest BCUT2D eigenvalue weighted by molar-refractivity contribution is -0.126. The minimum Gasteiger partial charge on any atom is -0.444 e. The number of aromatic amines is 1. The lowest BCUT2D eigenvalue weighted by atomic mass is 9.94. The number of carbonyl (C=O) groups excluding carboxylic acids is 3. The number of alkyl carbamates (subject to hydrolysis) is 1. The molecule has 1 aromatic heterocycles. The van der Waals surface area contributed by atoms with Crippen LogP contribution >= 0.6 is 0 Å². The van der Waals surface area contributed by atoms with Crippen LogP contribution < -0.4 is 16.4 Å². The summed E-state index contributed by atoms with van der Waals surface area (Å²) in [5.41, 5.74) is 6.81. The molecule has 2 aromatic carbocycles. The van der Waals surface area contributed by atoms with Crippen molar-refractivity contribution in [3.8, 4) is 0 Å². The molecule has 0 fully saturated rings. The molecule has 3 amide bonds. The van der Waals surface area contributed by atoms with E-state index in [9.17, 15) is 24.6 Å². The van der Waals surface area contributed by atoms with E-state index in [0.717, 1.165) is 11.1 Å². The van der Waals surface area contributed by atoms with E-state index in [1.54, 1.807) is 40.8 Å². The fourth-order valence-corrected chi connectivity index (χ4v) is 5.37. The lowest BCUT2D eigenvalue weighted by Crippen LogP contribution is -2.60. The number of rotatable bonds is 17. The van der Waals surface area contributed by atoms with Gasteiger partial charge < -0.3 is 41.0 Å². The highest BCUT2D eigenvalue weighted by molar-refractivity contribution is 5.84. The Labute approximate surface area is 282 Å². The average molecular weight is 667 g/mol. The van der Waals surface area contributed by atoms with Crippen molar-refractivity contribution in [1.29, 1.82) is 0 Å². The first-order valence-electron chi connectivity index (χ1n) is 16.1. The molecule has 0 spiro atoms. The number of imidazole rings is 1. The van der Waals surface area contributed by atoms with Crippen LogP contribution in [0.4, 0.5) is 9.59 Å². The van der Waals surface area contributed by atoms with E-state index in [2.05, 4.69) is 20.6 Å². The van der Waals surface area contributed by atoms with E-state index in [0.29, 0.717) is 12.2 Å². The van der Waals surface area contributed by atoms with Crippen LogP contribution in [0.3, 0.4) is 0 Å². The Hall–Kier alpha value is -4.46. The topological polar surface area (TPSA) is 192 Å². The maximum atomic E-state index is 13.7. The van der Waals surface area contributed by atoms with Crippen LogP contribution in [-0.4, -0.2) is 92.2 Å². The Morgan fingerprint density at radius 1 is 0.938 bits per heavy atom. The number of nitrogens with two attached hydrogens (primary N) is 1. The summed E-state index contributed by atoms with van der Waals surface area (Å²) in [6.45, 7) is 8.49. The second kappa shape index (κ2) is 18.2. The van der Waals surface area contributed by atoms with Gasteiger partial charge in [-0.15, -0.1) is 0 Å². The maximum absolute atomic E-state index is 13.7. The number of nitrogens with one attached hydrogen (secondary N) is 3. The number of aromatic nitrogens is 2. The largest absolute Gasteiger partial charge is 0.444 e. The van der Waals surface area contributed by atoms with Crippen molar-refractivity contribution in [2.45, 2.75) is 90.0 Å². The molecule has 5 atom stereocenters. The summed E-state index contributed by atoms with van der Waals surface area (Å²) in [7, 11) is 0. The molecule has 3 rings (SSSR count). The van der Waals surface area contributed by atoms with Crippen molar-refractivity contribution in [3.63, 3.8) is 0 Å². The summed E-state index contributed by atoms with van der Waals surface area (Å²) >= 11 is 0. The van der Waals surface area contributed by atoms with Gasteiger partial charge in [0.15, 0.2) is 6.61 Å². The molecule has 262 valence electrons. The Balaban J connectivity index is 1.82. The predicted molar refractivity (Wildman–Crippen MR) is 181 cm³/mol. The summed E-state index contributed by atoms with van der Waals surface area (Å²) in [5, 5.41) is 28.7. The van der Waals surface area contributed by atoms with Gasteiger partial charge in [0.25, 0.3) is 0 Å². The Morgan fingerprint density at radius 2 is 1.52 bits per heavy atom. The fourth-order valence-electron chi connectivity index (χ4n) is 5.37. The molecule has 0 radical (unpaired) electrons. The van der Waals surface area contributed by atoms with Crippen molar-refractivity contribution in [2.75, 3.05) is 13.1 Å². The van der Waals surface area contributed by atoms with Gasteiger partial charge in [-0.2, -0.15) is 0 Å². The normalized spacial score (nSPS) is 14.8. The molecule has 13 nitrogen and oxygen atoms in total. The molecule has 48 heavy (non-hydrogen) atoms. The number of aliphatic hydroxyl groups is 2. The number of ether oxygens (including phenoxy) is 2. The minimum atomic E-state index is -1.24. The summed E-state index contributed by atoms with van der Waals surface area (Å²) in [6.07, 6.45) is -0.204. The van der Waals surface area contributed by atoms with Gasteiger partial charge in [0.05, 0.1) is 24.3 Å². The summed E-state index contributed by atoms with van der Waals surface area (Å²) in [4.78, 5) is 47.3. The number of carbonyl (C=O) groups is 3. The van der Waals surface area contributed by atoms with Crippen molar-refractivity contribution >= 4 is 18.1 Å². The first-order valence-corrected chi connectivity index (χ1v) is 16.1. The van der Waals surface area contributed by atoms with Crippen molar-refractivity contribution < 1.29 is 34.1 Å². The molecule has 0 bridgehead atoms. The monoisotopic (exact) mass is 666 g/mol. The van der Waals surface area contributed by atoms with E-state index < -0.39 is 59.9 Å². The molecule has 0 aliphatic heterocycles. The standard InChI is InChI=1S/C35H50N6O7/c1-23(2)31(32(36)44)41(34(46)47-22-30-38-16-17-39-30)27(19-25-14-10-7-11-15-25)29(43)21-37-20-28(42)26(18-24-12-8-6-9-13-24)40-33(45)48-35(3,4)5/h6-17,23,26-29,31,37,42-43H,18-22H2,1-5H3,(H2,36,44)(H,38,39)(H,40,45)/t26-,27-,28?,29?,31+/m1/s1. The minimum absolute atomic E-state index is 0.0191. The molecule has 0 aliphatic rings. The number of hydrogen-bond donors (Lipinski definition) is 6. The fraction of sp³-hybridized carbons (Fsp3) is 0.486. The van der Waals surface area contributed by atoms with Gasteiger partial charge in [-0.05, 0) is 50.7 Å². The molecule has 0 aliphatic carbocycles. The number of amides is 3. The lowest BCUT2D eigenvalue weighted by Gasteiger charge is -2.40. The van der Waals surface area contributed by atoms with E-state index in [-0.39, 0.29) is 26.1 Å². The van der Waals surface area contributed by atoms with Crippen LogP contribution in [0.5, 0.6) is 0 Å². The molecular weight excluding hydrogens is 616 g/mol. The van der Waals surface area contributed by atoms with Gasteiger partial charge in [-0.1, -0.05) is 74.5 Å². The number of aliphatic hydroxyl groups excluding tert-OH is 2. The first kappa shape index (κ1) is 38.0. The van der Waals surface area contributed by atoms with E-state index in [4.69, 9.17) is 15.2 Å². The summed E-state index contributed by atoms with van der Waals surface area (Å²) in [5.74, 6) is -0.744. The number of H-pyrrole nitrogens is 1. The van der Waals surface area contributed by atoms with E-state index in [1.165, 1.54) is 11.1 Å². The van der Waals surface area contributed by atoms with Crippen molar-refractivity contribution in [2.24, 2.45) is 11.7 Å². The van der Waals surface area contributed by atoms with Crippen LogP contribution in [0.2, 0.25) is 0 Å². The Morgan fingerprint density at radius 3 is 2.04 bits per heavy atom. The number of nitrogens with zero attached hydrogens (tertiary/aromatic N) is 2. The van der Waals surface area contributed by atoms with Crippen molar-refractivity contribution in [3.05, 3.63) is 90.0 Å². The van der Waals surface area contributed by atoms with Crippen LogP contribution in [0.1, 0.15) is 51.6 Å². The van der Waals surface area contributed by atoms with Gasteiger partial charge in [-0.3, -0.25) is 9.69 Å². The zero-order chi connectivity index (χ0) is 35.3. The molecule has 0 saturated heterocycles. The number of hydrogen-bond acceptors (Lipinski definition) is 9. The zero-order valence-corrected chi connectivity index (χ0v) is 28.3. The smallest absolute Gasteiger partial charge is 0.411 e. The Kier molecular flexibility index (Phi) is 14.4. The van der Waals surface area contributed by atoms with Gasteiger partial charge in [0.1, 0.15) is 17.5 Å². The molecule has 2 unspecified atom stereocenters. The molecule has 7 N–H and O–H groups in total. The van der Waals surface area contributed by atoms with Crippen LogP contribution in [0.25, 0.3) is 0 Å². The third-order valence-corrected chi connectivity index (χ3v) is 7.58.